The number of hydrogen-bond donors (Lipinski definition) is 2. The number of imidazole rings is 1. The fraction of sp³-hybridized carbons (Fsp3) is 0.0833. The minimum absolute atomic E-state index is 0.0120. The van der Waals surface area contributed by atoms with E-state index in [4.69, 9.17) is 5.73 Å². The summed E-state index contributed by atoms with van der Waals surface area (Å²) in [5.74, 6) is 0.238. The number of rotatable bonds is 8. The zero-order valence-electron chi connectivity index (χ0n) is 17.1. The molecule has 2 aromatic heterocycles. The zero-order chi connectivity index (χ0) is 22.3. The van der Waals surface area contributed by atoms with Crippen molar-refractivity contribution < 1.29 is 4.79 Å². The van der Waals surface area contributed by atoms with Gasteiger partial charge in [0.2, 0.25) is 0 Å². The molecule has 0 spiro atoms. The quantitative estimate of drug-likeness (QED) is 0.167. The lowest BCUT2D eigenvalue weighted by atomic mass is 9.98. The van der Waals surface area contributed by atoms with Gasteiger partial charge in [0, 0.05) is 40.7 Å². The third kappa shape index (κ3) is 5.09. The molecule has 4 rings (SSSR count). The van der Waals surface area contributed by atoms with Crippen LogP contribution in [0.3, 0.4) is 0 Å². The van der Waals surface area contributed by atoms with Gasteiger partial charge in [-0.3, -0.25) is 15.2 Å². The predicted molar refractivity (Wildman–Crippen MR) is 127 cm³/mol. The number of carbonyl (C=O) groups excluding carboxylic acids is 1. The number of carbonyl (C=O) groups is 1. The van der Waals surface area contributed by atoms with Gasteiger partial charge in [0.25, 0.3) is 0 Å². The average molecular weight is 489 g/mol. The van der Waals surface area contributed by atoms with E-state index in [1.165, 1.54) is 0 Å². The summed E-state index contributed by atoms with van der Waals surface area (Å²) in [4.78, 5) is 21.3. The van der Waals surface area contributed by atoms with Crippen LogP contribution < -0.4 is 11.2 Å². The highest BCUT2D eigenvalue weighted by Gasteiger charge is 2.19. The molecule has 32 heavy (non-hydrogen) atoms. The van der Waals surface area contributed by atoms with Crippen molar-refractivity contribution in [1.29, 1.82) is 0 Å². The molecule has 0 aliphatic carbocycles. The molecule has 160 valence electrons. The molecule has 2 heterocycles. The number of ketones is 1. The van der Waals surface area contributed by atoms with Crippen molar-refractivity contribution in [3.63, 3.8) is 0 Å². The normalized spacial score (nSPS) is 12.3. The van der Waals surface area contributed by atoms with E-state index in [-0.39, 0.29) is 24.1 Å². The van der Waals surface area contributed by atoms with E-state index in [1.54, 1.807) is 24.8 Å². The molecule has 1 unspecified atom stereocenters. The van der Waals surface area contributed by atoms with Crippen molar-refractivity contribution in [3.8, 4) is 5.69 Å². The minimum atomic E-state index is -0.381. The van der Waals surface area contributed by atoms with E-state index >= 15 is 0 Å². The second kappa shape index (κ2) is 10.0. The number of hydrogen-bond acceptors (Lipinski definition) is 5. The standard InChI is InChI=1S/C24H21BrN6O/c25-20-6-2-1-5-19(20)22(29-30-24(26)21-7-3-4-12-28-21)15-23(32)17-8-10-18(11-9-17)31-14-13-27-16-31/h1-14,16,22,29H,15H2,(H2,26,30). The Labute approximate surface area is 194 Å². The number of nitrogens with zero attached hydrogens (tertiary/aromatic N) is 4. The lowest BCUT2D eigenvalue weighted by Gasteiger charge is -2.18. The summed E-state index contributed by atoms with van der Waals surface area (Å²) in [6.07, 6.45) is 7.14. The summed E-state index contributed by atoms with van der Waals surface area (Å²) in [7, 11) is 0. The molecule has 0 radical (unpaired) electrons. The zero-order valence-corrected chi connectivity index (χ0v) is 18.7. The van der Waals surface area contributed by atoms with Gasteiger partial charge in [-0.05, 0) is 48.0 Å². The van der Waals surface area contributed by atoms with Crippen LogP contribution in [0.5, 0.6) is 0 Å². The first kappa shape index (κ1) is 21.5. The summed E-state index contributed by atoms with van der Waals surface area (Å²) in [6, 6.07) is 20.2. The first-order valence-corrected chi connectivity index (χ1v) is 10.8. The molecule has 3 N–H and O–H groups in total. The van der Waals surface area contributed by atoms with E-state index in [0.717, 1.165) is 15.7 Å². The van der Waals surface area contributed by atoms with Crippen LogP contribution in [0.2, 0.25) is 0 Å². The second-order valence-corrected chi connectivity index (χ2v) is 7.91. The highest BCUT2D eigenvalue weighted by atomic mass is 79.9. The van der Waals surface area contributed by atoms with Gasteiger partial charge in [-0.2, -0.15) is 5.10 Å². The Bertz CT molecular complexity index is 1210. The van der Waals surface area contributed by atoms with Crippen LogP contribution in [0.1, 0.15) is 34.1 Å². The third-order valence-corrected chi connectivity index (χ3v) is 5.65. The number of hydrazone groups is 1. The maximum Gasteiger partial charge on any atom is 0.169 e. The summed E-state index contributed by atoms with van der Waals surface area (Å²) in [6.45, 7) is 0. The van der Waals surface area contributed by atoms with Crippen LogP contribution in [0.25, 0.3) is 5.69 Å². The number of pyridine rings is 1. The first-order chi connectivity index (χ1) is 15.6. The largest absolute Gasteiger partial charge is 0.380 e. The van der Waals surface area contributed by atoms with Gasteiger partial charge in [-0.15, -0.1) is 0 Å². The van der Waals surface area contributed by atoms with Gasteiger partial charge < -0.3 is 10.3 Å². The summed E-state index contributed by atoms with van der Waals surface area (Å²) >= 11 is 3.57. The molecule has 0 fully saturated rings. The monoisotopic (exact) mass is 488 g/mol. The molecular weight excluding hydrogens is 468 g/mol. The molecular formula is C24H21BrN6O. The van der Waals surface area contributed by atoms with Crippen molar-refractivity contribution in [3.05, 3.63) is 113 Å². The summed E-state index contributed by atoms with van der Waals surface area (Å²) < 4.78 is 2.77. The molecule has 2 aromatic carbocycles. The smallest absolute Gasteiger partial charge is 0.169 e. The predicted octanol–water partition coefficient (Wildman–Crippen LogP) is 4.25. The van der Waals surface area contributed by atoms with Crippen LogP contribution in [0.4, 0.5) is 0 Å². The topological polar surface area (TPSA) is 98.2 Å². The molecule has 0 saturated heterocycles. The lowest BCUT2D eigenvalue weighted by Crippen LogP contribution is -2.25. The molecule has 0 bridgehead atoms. The molecule has 7 nitrogen and oxygen atoms in total. The van der Waals surface area contributed by atoms with Crippen molar-refractivity contribution in [2.75, 3.05) is 0 Å². The van der Waals surface area contributed by atoms with Crippen LogP contribution in [-0.4, -0.2) is 26.2 Å². The van der Waals surface area contributed by atoms with Gasteiger partial charge >= 0.3 is 0 Å². The highest BCUT2D eigenvalue weighted by Crippen LogP contribution is 2.27. The van der Waals surface area contributed by atoms with Gasteiger partial charge in [0.15, 0.2) is 11.6 Å². The molecule has 1 atom stereocenters. The number of amidine groups is 1. The third-order valence-electron chi connectivity index (χ3n) is 4.93. The van der Waals surface area contributed by atoms with E-state index < -0.39 is 0 Å². The van der Waals surface area contributed by atoms with Gasteiger partial charge in [0.1, 0.15) is 5.69 Å². The van der Waals surface area contributed by atoms with Crippen molar-refractivity contribution in [2.24, 2.45) is 10.8 Å². The Kier molecular flexibility index (Phi) is 6.72. The highest BCUT2D eigenvalue weighted by molar-refractivity contribution is 9.10. The SMILES string of the molecule is N/C(=N/NC(CC(=O)c1ccc(-n2ccnc2)cc1)c1ccccc1Br)c1ccccn1. The van der Waals surface area contributed by atoms with E-state index in [0.29, 0.717) is 11.3 Å². The number of halogens is 1. The fourth-order valence-electron chi connectivity index (χ4n) is 3.24. The van der Waals surface area contributed by atoms with Crippen LogP contribution in [-0.2, 0) is 0 Å². The maximum atomic E-state index is 13.1. The van der Waals surface area contributed by atoms with Crippen LogP contribution >= 0.6 is 15.9 Å². The number of nitrogens with two attached hydrogens (primary N) is 1. The Balaban J connectivity index is 1.55. The Hall–Kier alpha value is -3.78. The molecule has 0 aliphatic heterocycles. The summed E-state index contributed by atoms with van der Waals surface area (Å²) in [5.41, 5.74) is 12.2. The number of benzene rings is 2. The van der Waals surface area contributed by atoms with E-state index in [2.05, 4.69) is 36.4 Å². The minimum Gasteiger partial charge on any atom is -0.380 e. The van der Waals surface area contributed by atoms with E-state index in [9.17, 15) is 4.79 Å². The van der Waals surface area contributed by atoms with Gasteiger partial charge in [0.05, 0.1) is 12.4 Å². The van der Waals surface area contributed by atoms with Crippen LogP contribution in [0.15, 0.2) is 101 Å². The van der Waals surface area contributed by atoms with E-state index in [1.807, 2.05) is 71.4 Å². The van der Waals surface area contributed by atoms with Crippen molar-refractivity contribution >= 4 is 27.5 Å². The molecule has 4 aromatic rings. The Morgan fingerprint density at radius 1 is 1.06 bits per heavy atom. The maximum absolute atomic E-state index is 13.1. The van der Waals surface area contributed by atoms with Crippen molar-refractivity contribution in [2.45, 2.75) is 12.5 Å². The number of aromatic nitrogens is 3. The molecule has 8 heteroatoms. The van der Waals surface area contributed by atoms with Gasteiger partial charge in [-0.25, -0.2) is 4.98 Å². The lowest BCUT2D eigenvalue weighted by molar-refractivity contribution is 0.0968. The first-order valence-electron chi connectivity index (χ1n) is 9.98. The number of nitrogens with one attached hydrogen (secondary N) is 1. The molecule has 0 aliphatic rings. The second-order valence-electron chi connectivity index (χ2n) is 7.06. The summed E-state index contributed by atoms with van der Waals surface area (Å²) in [5, 5.41) is 4.31. The Morgan fingerprint density at radius 2 is 1.84 bits per heavy atom. The van der Waals surface area contributed by atoms with Gasteiger partial charge in [-0.1, -0.05) is 40.2 Å². The molecule has 0 amide bonds. The van der Waals surface area contributed by atoms with Crippen LogP contribution in [0, 0.1) is 0 Å². The van der Waals surface area contributed by atoms with Crippen molar-refractivity contribution in [1.82, 2.24) is 20.0 Å². The fourth-order valence-corrected chi connectivity index (χ4v) is 3.80. The Morgan fingerprint density at radius 3 is 2.53 bits per heavy atom. The molecule has 0 saturated carbocycles. The number of Topliss-reactive ketones (excluding diaryl/α,β-unsaturated/α-hetero) is 1. The average Bonchev–Trinajstić information content (AvgIpc) is 3.38.